The van der Waals surface area contributed by atoms with Crippen molar-refractivity contribution in [2.45, 2.75) is 6.92 Å². The SMILES string of the molecule is CCOCCN1CCSC1=S. The summed E-state index contributed by atoms with van der Waals surface area (Å²) in [6.45, 7) is 5.66. The van der Waals surface area contributed by atoms with Crippen LogP contribution in [0.5, 0.6) is 0 Å². The van der Waals surface area contributed by atoms with Gasteiger partial charge in [-0.15, -0.1) is 0 Å². The maximum Gasteiger partial charge on any atom is 0.136 e. The molecule has 0 saturated carbocycles. The molecule has 11 heavy (non-hydrogen) atoms. The number of ether oxygens (including phenoxy) is 1. The van der Waals surface area contributed by atoms with E-state index >= 15 is 0 Å². The van der Waals surface area contributed by atoms with E-state index in [4.69, 9.17) is 17.0 Å². The molecule has 1 aliphatic rings. The van der Waals surface area contributed by atoms with Gasteiger partial charge in [-0.1, -0.05) is 24.0 Å². The van der Waals surface area contributed by atoms with Crippen LogP contribution in [0.3, 0.4) is 0 Å². The Morgan fingerprint density at radius 2 is 2.55 bits per heavy atom. The molecular weight excluding hydrogens is 178 g/mol. The van der Waals surface area contributed by atoms with Gasteiger partial charge < -0.3 is 9.64 Å². The third-order valence-electron chi connectivity index (χ3n) is 1.55. The molecule has 0 aromatic rings. The lowest BCUT2D eigenvalue weighted by Crippen LogP contribution is -2.27. The van der Waals surface area contributed by atoms with Gasteiger partial charge in [0.25, 0.3) is 0 Å². The molecule has 0 aliphatic carbocycles. The van der Waals surface area contributed by atoms with Crippen molar-refractivity contribution in [1.29, 1.82) is 0 Å². The molecule has 2 nitrogen and oxygen atoms in total. The van der Waals surface area contributed by atoms with Gasteiger partial charge in [0.15, 0.2) is 0 Å². The van der Waals surface area contributed by atoms with E-state index in [1.165, 1.54) is 0 Å². The Hall–Kier alpha value is 0.200. The Morgan fingerprint density at radius 1 is 1.73 bits per heavy atom. The van der Waals surface area contributed by atoms with Crippen molar-refractivity contribution in [3.8, 4) is 0 Å². The van der Waals surface area contributed by atoms with Crippen molar-refractivity contribution < 1.29 is 4.74 Å². The lowest BCUT2D eigenvalue weighted by molar-refractivity contribution is 0.135. The predicted octanol–water partition coefficient (Wildman–Crippen LogP) is 1.36. The second-order valence-corrected chi connectivity index (χ2v) is 4.03. The van der Waals surface area contributed by atoms with Crippen molar-refractivity contribution in [1.82, 2.24) is 4.90 Å². The lowest BCUT2D eigenvalue weighted by Gasteiger charge is -2.15. The average Bonchev–Trinajstić information content (AvgIpc) is 2.37. The van der Waals surface area contributed by atoms with Crippen LogP contribution in [0.4, 0.5) is 0 Å². The standard InChI is InChI=1S/C7H13NOS2/c1-2-9-5-3-8-4-6-11-7(8)10/h2-6H2,1H3. The zero-order valence-corrected chi connectivity index (χ0v) is 8.34. The van der Waals surface area contributed by atoms with Gasteiger partial charge in [0.05, 0.1) is 6.61 Å². The molecule has 0 amide bonds. The van der Waals surface area contributed by atoms with Gasteiger partial charge in [0, 0.05) is 25.4 Å². The first-order valence-electron chi connectivity index (χ1n) is 3.84. The van der Waals surface area contributed by atoms with E-state index in [-0.39, 0.29) is 0 Å². The minimum atomic E-state index is 0.799. The van der Waals surface area contributed by atoms with Crippen molar-refractivity contribution in [3.05, 3.63) is 0 Å². The third kappa shape index (κ3) is 2.97. The summed E-state index contributed by atoms with van der Waals surface area (Å²) in [4.78, 5) is 2.20. The number of hydrogen-bond acceptors (Lipinski definition) is 3. The molecular formula is C7H13NOS2. The molecule has 1 heterocycles. The first-order valence-corrected chi connectivity index (χ1v) is 5.23. The second-order valence-electron chi connectivity index (χ2n) is 2.30. The zero-order chi connectivity index (χ0) is 8.10. The highest BCUT2D eigenvalue weighted by atomic mass is 32.2. The molecule has 0 radical (unpaired) electrons. The summed E-state index contributed by atoms with van der Waals surface area (Å²) in [6.07, 6.45) is 0. The Labute approximate surface area is 77.3 Å². The molecule has 1 aliphatic heterocycles. The highest BCUT2D eigenvalue weighted by Crippen LogP contribution is 2.16. The Balaban J connectivity index is 2.10. The summed E-state index contributed by atoms with van der Waals surface area (Å²) >= 11 is 6.89. The van der Waals surface area contributed by atoms with Gasteiger partial charge >= 0.3 is 0 Å². The zero-order valence-electron chi connectivity index (χ0n) is 6.71. The van der Waals surface area contributed by atoms with E-state index < -0.39 is 0 Å². The molecule has 0 atom stereocenters. The largest absolute Gasteiger partial charge is 0.380 e. The lowest BCUT2D eigenvalue weighted by atomic mass is 10.5. The minimum absolute atomic E-state index is 0.799. The van der Waals surface area contributed by atoms with Crippen molar-refractivity contribution in [3.63, 3.8) is 0 Å². The summed E-state index contributed by atoms with van der Waals surface area (Å²) < 4.78 is 6.27. The molecule has 4 heteroatoms. The number of thioether (sulfide) groups is 1. The van der Waals surface area contributed by atoms with Crippen LogP contribution >= 0.6 is 24.0 Å². The van der Waals surface area contributed by atoms with Crippen LogP contribution in [0.15, 0.2) is 0 Å². The van der Waals surface area contributed by atoms with Crippen molar-refractivity contribution >= 4 is 28.3 Å². The van der Waals surface area contributed by atoms with Crippen LogP contribution in [0.1, 0.15) is 6.92 Å². The van der Waals surface area contributed by atoms with Crippen molar-refractivity contribution in [2.75, 3.05) is 32.1 Å². The van der Waals surface area contributed by atoms with E-state index in [1.807, 2.05) is 6.92 Å². The van der Waals surface area contributed by atoms with Crippen LogP contribution in [0, 0.1) is 0 Å². The number of thiocarbonyl (C=S) groups is 1. The third-order valence-corrected chi connectivity index (χ3v) is 3.06. The molecule has 64 valence electrons. The van der Waals surface area contributed by atoms with E-state index in [2.05, 4.69) is 4.90 Å². The first kappa shape index (κ1) is 9.29. The fourth-order valence-corrected chi connectivity index (χ4v) is 2.23. The monoisotopic (exact) mass is 191 g/mol. The molecule has 0 N–H and O–H groups in total. The molecule has 0 spiro atoms. The summed E-state index contributed by atoms with van der Waals surface area (Å²) in [5, 5.41) is 0. The first-order chi connectivity index (χ1) is 5.34. The fourth-order valence-electron chi connectivity index (χ4n) is 0.948. The van der Waals surface area contributed by atoms with Gasteiger partial charge in [-0.3, -0.25) is 0 Å². The minimum Gasteiger partial charge on any atom is -0.380 e. The van der Waals surface area contributed by atoms with E-state index in [9.17, 15) is 0 Å². The van der Waals surface area contributed by atoms with Crippen LogP contribution in [-0.4, -0.2) is 41.3 Å². The van der Waals surface area contributed by atoms with E-state index in [1.54, 1.807) is 11.8 Å². The number of hydrogen-bond donors (Lipinski definition) is 0. The molecule has 0 aromatic carbocycles. The Bertz CT molecular complexity index is 140. The molecule has 1 fully saturated rings. The number of nitrogens with zero attached hydrogens (tertiary/aromatic N) is 1. The molecule has 0 bridgehead atoms. The highest BCUT2D eigenvalue weighted by molar-refractivity contribution is 8.23. The topological polar surface area (TPSA) is 12.5 Å². The van der Waals surface area contributed by atoms with E-state index in [0.717, 1.165) is 36.4 Å². The fraction of sp³-hybridized carbons (Fsp3) is 0.857. The van der Waals surface area contributed by atoms with Gasteiger partial charge in [0.1, 0.15) is 4.32 Å². The highest BCUT2D eigenvalue weighted by Gasteiger charge is 2.15. The normalized spacial score (nSPS) is 17.9. The maximum absolute atomic E-state index is 5.23. The van der Waals surface area contributed by atoms with Gasteiger partial charge in [-0.25, -0.2) is 0 Å². The molecule has 0 aromatic heterocycles. The summed E-state index contributed by atoms with van der Waals surface area (Å²) in [5.74, 6) is 1.14. The molecule has 1 saturated heterocycles. The maximum atomic E-state index is 5.23. The van der Waals surface area contributed by atoms with Gasteiger partial charge in [0.2, 0.25) is 0 Å². The smallest absolute Gasteiger partial charge is 0.136 e. The van der Waals surface area contributed by atoms with Gasteiger partial charge in [-0.2, -0.15) is 0 Å². The summed E-state index contributed by atoms with van der Waals surface area (Å²) in [5.41, 5.74) is 0. The second kappa shape index (κ2) is 4.95. The van der Waals surface area contributed by atoms with Crippen LogP contribution < -0.4 is 0 Å². The van der Waals surface area contributed by atoms with Crippen LogP contribution in [0.2, 0.25) is 0 Å². The van der Waals surface area contributed by atoms with E-state index in [0.29, 0.717) is 0 Å². The predicted molar refractivity (Wildman–Crippen MR) is 53.1 cm³/mol. The summed E-state index contributed by atoms with van der Waals surface area (Å²) in [6, 6.07) is 0. The van der Waals surface area contributed by atoms with Crippen molar-refractivity contribution in [2.24, 2.45) is 0 Å². The van der Waals surface area contributed by atoms with Crippen LogP contribution in [-0.2, 0) is 4.74 Å². The quantitative estimate of drug-likeness (QED) is 0.491. The molecule has 0 unspecified atom stereocenters. The van der Waals surface area contributed by atoms with Crippen LogP contribution in [0.25, 0.3) is 0 Å². The Kier molecular flexibility index (Phi) is 4.18. The molecule has 1 rings (SSSR count). The Morgan fingerprint density at radius 3 is 3.09 bits per heavy atom. The van der Waals surface area contributed by atoms with Gasteiger partial charge in [-0.05, 0) is 6.92 Å². The number of rotatable bonds is 4. The summed E-state index contributed by atoms with van der Waals surface area (Å²) in [7, 11) is 0. The average molecular weight is 191 g/mol.